The number of benzene rings is 4. The van der Waals surface area contributed by atoms with Crippen molar-refractivity contribution < 1.29 is 40.2 Å². The molecular weight excluding hydrogens is 1040 g/mol. The Bertz CT molecular complexity index is 3390. The smallest absolute Gasteiger partial charge is 0.296 e. The lowest BCUT2D eigenvalue weighted by Gasteiger charge is -2.26. The summed E-state index contributed by atoms with van der Waals surface area (Å²) in [4.78, 5) is 26.2. The maximum absolute atomic E-state index is 11.9. The number of hydrogen-bond acceptors (Lipinski definition) is 23. The third-order valence-electron chi connectivity index (χ3n) is 10.1. The van der Waals surface area contributed by atoms with Crippen LogP contribution in [0.5, 0.6) is 11.5 Å². The number of thioether (sulfide) groups is 1. The highest BCUT2D eigenvalue weighted by Gasteiger charge is 2.23. The number of nitrogens with one attached hydrogen (secondary N) is 2. The third kappa shape index (κ3) is 11.2. The first kappa shape index (κ1) is 49.8. The van der Waals surface area contributed by atoms with Gasteiger partial charge in [0.05, 0.1) is 74.1 Å². The number of methoxy groups -OCH3 is 2. The van der Waals surface area contributed by atoms with Gasteiger partial charge in [0.15, 0.2) is 5.16 Å². The van der Waals surface area contributed by atoms with Crippen molar-refractivity contribution in [3.8, 4) is 11.5 Å². The molecule has 0 atom stereocenters. The summed E-state index contributed by atoms with van der Waals surface area (Å²) in [6.45, 7) is 8.45. The normalized spacial score (nSPS) is 13.7. The topological polar surface area (TPSA) is 281 Å². The molecule has 0 spiro atoms. The van der Waals surface area contributed by atoms with Crippen LogP contribution in [0.1, 0.15) is 20.8 Å². The van der Waals surface area contributed by atoms with Crippen LogP contribution in [0.2, 0.25) is 10.0 Å². The second-order valence-electron chi connectivity index (χ2n) is 14.4. The minimum absolute atomic E-state index is 0.120. The van der Waals surface area contributed by atoms with E-state index < -0.39 is 30.0 Å². The van der Waals surface area contributed by atoms with Crippen LogP contribution in [0.4, 0.5) is 56.3 Å². The first-order valence-electron chi connectivity index (χ1n) is 20.4. The summed E-state index contributed by atoms with van der Waals surface area (Å²) in [5.41, 5.74) is 3.30. The molecule has 29 heteroatoms. The van der Waals surface area contributed by atoms with Gasteiger partial charge in [0.1, 0.15) is 39.4 Å². The molecule has 0 saturated carbocycles. The monoisotopic (exact) mass is 1080 g/mol. The number of anilines is 6. The zero-order chi connectivity index (χ0) is 49.2. The number of thiazole rings is 2. The summed E-state index contributed by atoms with van der Waals surface area (Å²) in [6.07, 6.45) is 0. The average Bonchev–Trinajstić information content (AvgIpc) is 3.90. The minimum atomic E-state index is -4.61. The summed E-state index contributed by atoms with van der Waals surface area (Å²) < 4.78 is 85.8. The van der Waals surface area contributed by atoms with E-state index in [0.29, 0.717) is 80.8 Å². The number of rotatable bonds is 14. The zero-order valence-corrected chi connectivity index (χ0v) is 42.4. The highest BCUT2D eigenvalue weighted by atomic mass is 35.5. The Balaban J connectivity index is 1.20. The first-order chi connectivity index (χ1) is 33.0. The van der Waals surface area contributed by atoms with E-state index in [-0.39, 0.29) is 55.7 Å². The van der Waals surface area contributed by atoms with Gasteiger partial charge >= 0.3 is 0 Å². The molecule has 1 aliphatic heterocycles. The van der Waals surface area contributed by atoms with Crippen molar-refractivity contribution in [2.24, 2.45) is 20.5 Å². The molecular formula is C40H39Cl2N13O9S5. The van der Waals surface area contributed by atoms with Gasteiger partial charge in [-0.2, -0.15) is 31.8 Å². The molecule has 7 aromatic rings. The molecule has 4 aromatic carbocycles. The Hall–Kier alpha value is -5.62. The van der Waals surface area contributed by atoms with Gasteiger partial charge < -0.3 is 34.6 Å². The van der Waals surface area contributed by atoms with Crippen LogP contribution >= 0.6 is 57.6 Å². The molecule has 0 unspecified atom stereocenters. The van der Waals surface area contributed by atoms with Crippen molar-refractivity contribution in [1.82, 2.24) is 24.9 Å². The van der Waals surface area contributed by atoms with E-state index in [2.05, 4.69) is 46.0 Å². The van der Waals surface area contributed by atoms with E-state index >= 15 is 0 Å². The Morgan fingerprint density at radius 3 is 1.94 bits per heavy atom. The number of aromatic nitrogens is 5. The zero-order valence-electron chi connectivity index (χ0n) is 36.8. The van der Waals surface area contributed by atoms with Gasteiger partial charge in [0, 0.05) is 37.5 Å². The minimum Gasteiger partial charge on any atom is -0.494 e. The van der Waals surface area contributed by atoms with Crippen LogP contribution in [-0.4, -0.2) is 104 Å². The maximum atomic E-state index is 11.9. The number of ether oxygens (including phenoxy) is 3. The molecule has 362 valence electrons. The van der Waals surface area contributed by atoms with Crippen molar-refractivity contribution in [3.05, 3.63) is 58.6 Å². The van der Waals surface area contributed by atoms with E-state index in [1.807, 2.05) is 31.7 Å². The predicted molar refractivity (Wildman–Crippen MR) is 268 cm³/mol. The van der Waals surface area contributed by atoms with Gasteiger partial charge in [0.25, 0.3) is 20.2 Å². The van der Waals surface area contributed by atoms with E-state index in [0.717, 1.165) is 34.4 Å². The van der Waals surface area contributed by atoms with Crippen LogP contribution in [-0.2, 0) is 25.0 Å². The van der Waals surface area contributed by atoms with Crippen LogP contribution in [0, 0.1) is 0 Å². The Morgan fingerprint density at radius 1 is 0.783 bits per heavy atom. The first-order valence-corrected chi connectivity index (χ1v) is 26.7. The SMILES string of the molecule is CCN(CC)c1cc(Nc2nc3nc(n2)SCCOCN(CC)c2cc(c(N=Nc4nc5cc(S(=O)(=O)O)c(Cl)cc5s4)cc2OC)N3)c(N=Nc2nc3cc(S(=O)(=O)O)c(Cl)cc3s2)cc1OC. The van der Waals surface area contributed by atoms with E-state index in [1.165, 1.54) is 37.1 Å². The Kier molecular flexibility index (Phi) is 15.0. The fraction of sp³-hybridized carbons (Fsp3) is 0.275. The molecule has 4 N–H and O–H groups in total. The van der Waals surface area contributed by atoms with E-state index in [9.17, 15) is 25.9 Å². The van der Waals surface area contributed by atoms with Gasteiger partial charge in [-0.05, 0) is 57.2 Å². The third-order valence-corrected chi connectivity index (χ3v) is 15.4. The van der Waals surface area contributed by atoms with E-state index in [4.69, 9.17) is 52.4 Å². The van der Waals surface area contributed by atoms with Gasteiger partial charge in [-0.1, -0.05) is 57.6 Å². The summed E-state index contributed by atoms with van der Waals surface area (Å²) in [6, 6.07) is 12.1. The van der Waals surface area contributed by atoms with Crippen molar-refractivity contribution >= 4 is 155 Å². The molecule has 0 saturated heterocycles. The van der Waals surface area contributed by atoms with Gasteiger partial charge in [-0.15, -0.1) is 20.5 Å². The second kappa shape index (κ2) is 20.8. The van der Waals surface area contributed by atoms with Crippen molar-refractivity contribution in [3.63, 3.8) is 0 Å². The molecule has 0 amide bonds. The Labute approximate surface area is 416 Å². The fourth-order valence-corrected chi connectivity index (χ4v) is 11.3. The van der Waals surface area contributed by atoms with E-state index in [1.54, 1.807) is 25.3 Å². The number of fused-ring (bicyclic) bond motifs is 6. The van der Waals surface area contributed by atoms with Crippen molar-refractivity contribution in [2.45, 2.75) is 35.7 Å². The highest BCUT2D eigenvalue weighted by molar-refractivity contribution is 7.99. The molecule has 3 aromatic heterocycles. The van der Waals surface area contributed by atoms with Crippen LogP contribution < -0.4 is 29.9 Å². The summed E-state index contributed by atoms with van der Waals surface area (Å²) in [5.74, 6) is 1.69. The lowest BCUT2D eigenvalue weighted by atomic mass is 10.2. The number of hydrogen-bond donors (Lipinski definition) is 4. The number of nitrogens with zero attached hydrogens (tertiary/aromatic N) is 11. The highest BCUT2D eigenvalue weighted by Crippen LogP contribution is 2.44. The standard InChI is InChI=1S/C40H39Cl2N13O9S5/c1-6-54(7-2)28-13-22(24(15-30(28)62-4)50-52-39-45-26-17-34(68(56,57)58)20(41)11-32(26)66-39)43-36-47-37-44-23-14-29(55(8-3)19-64-9-10-65-38(48-36)49-37)31(63-5)16-25(23)51-53-40-46-27-18-35(69(59,60)61)21(42)12-33(27)67-40/h11-18H,6-10,19H2,1-5H3,(H,56,57,58)(H,59,60,61)(H2,43,44,47,48,49). The molecule has 0 aliphatic carbocycles. The van der Waals surface area contributed by atoms with Gasteiger partial charge in [-0.3, -0.25) is 9.11 Å². The van der Waals surface area contributed by atoms with Crippen LogP contribution in [0.3, 0.4) is 0 Å². The molecule has 1 aliphatic rings. The molecule has 0 radical (unpaired) electrons. The molecule has 69 heavy (non-hydrogen) atoms. The largest absolute Gasteiger partial charge is 0.494 e. The number of halogens is 2. The van der Waals surface area contributed by atoms with Gasteiger partial charge in [0.2, 0.25) is 22.2 Å². The molecule has 4 bridgehead atoms. The fourth-order valence-electron chi connectivity index (χ4n) is 6.85. The van der Waals surface area contributed by atoms with Crippen LogP contribution in [0.15, 0.2) is 83.9 Å². The predicted octanol–water partition coefficient (Wildman–Crippen LogP) is 11.0. The van der Waals surface area contributed by atoms with Gasteiger partial charge in [-0.25, -0.2) is 9.97 Å². The van der Waals surface area contributed by atoms with Crippen molar-refractivity contribution in [1.29, 1.82) is 0 Å². The molecule has 4 heterocycles. The lowest BCUT2D eigenvalue weighted by Crippen LogP contribution is -2.27. The summed E-state index contributed by atoms with van der Waals surface area (Å²) in [7, 11) is -6.14. The quantitative estimate of drug-likeness (QED) is 0.0581. The second-order valence-corrected chi connectivity index (χ2v) is 21.0. The summed E-state index contributed by atoms with van der Waals surface area (Å²) >= 11 is 15.9. The molecule has 0 fully saturated rings. The number of azo groups is 2. The van der Waals surface area contributed by atoms with Crippen LogP contribution in [0.25, 0.3) is 20.4 Å². The average molecular weight is 1080 g/mol. The summed E-state index contributed by atoms with van der Waals surface area (Å²) in [5, 5.41) is 24.8. The molecule has 22 nitrogen and oxygen atoms in total. The molecule has 8 rings (SSSR count). The maximum Gasteiger partial charge on any atom is 0.296 e. The van der Waals surface area contributed by atoms with Crippen molar-refractivity contribution in [2.75, 3.05) is 73.4 Å². The Morgan fingerprint density at radius 2 is 1.38 bits per heavy atom. The lowest BCUT2D eigenvalue weighted by molar-refractivity contribution is 0.150.